The molecule has 2 rings (SSSR count). The van der Waals surface area contributed by atoms with Gasteiger partial charge in [-0.3, -0.25) is 9.78 Å². The maximum Gasteiger partial charge on any atom is 0.338 e. The molecule has 0 saturated carbocycles. The van der Waals surface area contributed by atoms with Gasteiger partial charge in [0.15, 0.2) is 5.78 Å². The Morgan fingerprint density at radius 2 is 1.78 bits per heavy atom. The number of ketones is 1. The fraction of sp³-hybridized carbons (Fsp3) is 0. The number of carboxylic acid groups (broad SMARTS) is 1. The van der Waals surface area contributed by atoms with Gasteiger partial charge in [-0.2, -0.15) is 0 Å². The van der Waals surface area contributed by atoms with Gasteiger partial charge in [0.2, 0.25) is 0 Å². The molecule has 0 aliphatic rings. The zero-order valence-corrected chi connectivity index (χ0v) is 9.89. The van der Waals surface area contributed by atoms with Gasteiger partial charge in [-0.05, 0) is 0 Å². The van der Waals surface area contributed by atoms with E-state index in [1.807, 2.05) is 0 Å². The quantitative estimate of drug-likeness (QED) is 0.863. The Hall–Kier alpha value is -2.20. The highest BCUT2D eigenvalue weighted by molar-refractivity contribution is 6.35. The van der Waals surface area contributed by atoms with E-state index in [1.165, 1.54) is 6.20 Å². The molecule has 0 aliphatic carbocycles. The zero-order chi connectivity index (χ0) is 13.1. The van der Waals surface area contributed by atoms with Crippen molar-refractivity contribution in [2.24, 2.45) is 0 Å². The van der Waals surface area contributed by atoms with E-state index >= 15 is 0 Å². The van der Waals surface area contributed by atoms with Crippen molar-refractivity contribution in [3.05, 3.63) is 64.4 Å². The van der Waals surface area contributed by atoms with Crippen molar-refractivity contribution in [1.29, 1.82) is 0 Å². The van der Waals surface area contributed by atoms with Crippen molar-refractivity contribution >= 4 is 23.4 Å². The fourth-order valence-corrected chi connectivity index (χ4v) is 1.81. The molecule has 0 aliphatic heterocycles. The normalized spacial score (nSPS) is 10.1. The van der Waals surface area contributed by atoms with E-state index in [2.05, 4.69) is 4.98 Å². The van der Waals surface area contributed by atoms with Gasteiger partial charge in [-0.15, -0.1) is 0 Å². The van der Waals surface area contributed by atoms with Crippen molar-refractivity contribution in [3.63, 3.8) is 0 Å². The first-order valence-electron chi connectivity index (χ1n) is 5.08. The van der Waals surface area contributed by atoms with E-state index < -0.39 is 11.8 Å². The van der Waals surface area contributed by atoms with Crippen LogP contribution in [0.5, 0.6) is 0 Å². The lowest BCUT2D eigenvalue weighted by Gasteiger charge is -2.06. The van der Waals surface area contributed by atoms with Crippen molar-refractivity contribution in [2.45, 2.75) is 0 Å². The molecule has 0 saturated heterocycles. The predicted molar refractivity (Wildman–Crippen MR) is 66.1 cm³/mol. The molecule has 18 heavy (non-hydrogen) atoms. The largest absolute Gasteiger partial charge is 0.478 e. The van der Waals surface area contributed by atoms with Crippen LogP contribution >= 0.6 is 11.6 Å². The van der Waals surface area contributed by atoms with Gasteiger partial charge < -0.3 is 5.11 Å². The monoisotopic (exact) mass is 261 g/mol. The number of carbonyl (C=O) groups excluding carboxylic acids is 1. The number of aromatic carboxylic acids is 1. The van der Waals surface area contributed by atoms with E-state index in [0.29, 0.717) is 5.56 Å². The van der Waals surface area contributed by atoms with Gasteiger partial charge in [-0.1, -0.05) is 41.9 Å². The van der Waals surface area contributed by atoms with Crippen molar-refractivity contribution in [1.82, 2.24) is 4.98 Å². The summed E-state index contributed by atoms with van der Waals surface area (Å²) in [5, 5.41) is 9.07. The van der Waals surface area contributed by atoms with E-state index in [4.69, 9.17) is 16.7 Å². The molecular weight excluding hydrogens is 254 g/mol. The summed E-state index contributed by atoms with van der Waals surface area (Å²) >= 11 is 5.87. The van der Waals surface area contributed by atoms with Crippen LogP contribution < -0.4 is 0 Å². The molecule has 90 valence electrons. The van der Waals surface area contributed by atoms with Crippen molar-refractivity contribution in [2.75, 3.05) is 0 Å². The molecule has 0 unspecified atom stereocenters. The second kappa shape index (κ2) is 4.98. The Balaban J connectivity index is 2.58. The molecule has 5 heteroatoms. The summed E-state index contributed by atoms with van der Waals surface area (Å²) in [4.78, 5) is 27.0. The molecule has 0 atom stereocenters. The van der Waals surface area contributed by atoms with E-state index in [-0.39, 0.29) is 16.1 Å². The van der Waals surface area contributed by atoms with Crippen LogP contribution in [0.4, 0.5) is 0 Å². The Labute approximate surface area is 108 Å². The summed E-state index contributed by atoms with van der Waals surface area (Å²) < 4.78 is 0. The number of benzene rings is 1. The number of carbonyl (C=O) groups is 2. The van der Waals surface area contributed by atoms with Gasteiger partial charge >= 0.3 is 5.97 Å². The molecule has 0 amide bonds. The van der Waals surface area contributed by atoms with E-state index in [1.54, 1.807) is 30.3 Å². The third-order valence-electron chi connectivity index (χ3n) is 2.39. The molecule has 1 aromatic heterocycles. The van der Waals surface area contributed by atoms with Gasteiger partial charge in [-0.25, -0.2) is 4.79 Å². The molecule has 1 heterocycles. The highest BCUT2D eigenvalue weighted by atomic mass is 35.5. The SMILES string of the molecule is O=C(O)c1cncc(Cl)c1C(=O)c1ccccc1. The first kappa shape index (κ1) is 12.3. The third kappa shape index (κ3) is 2.24. The molecule has 0 radical (unpaired) electrons. The van der Waals surface area contributed by atoms with E-state index in [0.717, 1.165) is 6.20 Å². The van der Waals surface area contributed by atoms with Gasteiger partial charge in [0.25, 0.3) is 0 Å². The second-order valence-electron chi connectivity index (χ2n) is 3.54. The van der Waals surface area contributed by atoms with Crippen molar-refractivity contribution in [3.8, 4) is 0 Å². The summed E-state index contributed by atoms with van der Waals surface area (Å²) in [7, 11) is 0. The molecule has 0 spiro atoms. The minimum atomic E-state index is -1.23. The number of nitrogens with zero attached hydrogens (tertiary/aromatic N) is 1. The average molecular weight is 262 g/mol. The lowest BCUT2D eigenvalue weighted by molar-refractivity contribution is 0.0692. The Morgan fingerprint density at radius 3 is 2.39 bits per heavy atom. The summed E-state index contributed by atoms with van der Waals surface area (Å²) in [6, 6.07) is 8.37. The van der Waals surface area contributed by atoms with Crippen LogP contribution in [0.25, 0.3) is 0 Å². The standard InChI is InChI=1S/C13H8ClNO3/c14-10-7-15-6-9(13(17)18)11(10)12(16)8-4-2-1-3-5-8/h1-7H,(H,17,18). The fourth-order valence-electron chi connectivity index (χ4n) is 1.56. The number of hydrogen-bond donors (Lipinski definition) is 1. The number of aromatic nitrogens is 1. The molecule has 1 aromatic carbocycles. The first-order valence-corrected chi connectivity index (χ1v) is 5.45. The van der Waals surface area contributed by atoms with Crippen LogP contribution in [-0.4, -0.2) is 21.8 Å². The number of halogens is 1. The lowest BCUT2D eigenvalue weighted by atomic mass is 10.0. The summed E-state index contributed by atoms with van der Waals surface area (Å²) in [6.07, 6.45) is 2.37. The van der Waals surface area contributed by atoms with Gasteiger partial charge in [0.05, 0.1) is 16.1 Å². The highest BCUT2D eigenvalue weighted by Crippen LogP contribution is 2.22. The summed E-state index contributed by atoms with van der Waals surface area (Å²) in [6.45, 7) is 0. The van der Waals surface area contributed by atoms with Crippen molar-refractivity contribution < 1.29 is 14.7 Å². The maximum atomic E-state index is 12.2. The molecule has 2 aromatic rings. The predicted octanol–water partition coefficient (Wildman–Crippen LogP) is 2.66. The maximum absolute atomic E-state index is 12.2. The minimum absolute atomic E-state index is 0.0313. The Bertz CT molecular complexity index is 611. The topological polar surface area (TPSA) is 67.3 Å². The molecule has 1 N–H and O–H groups in total. The van der Waals surface area contributed by atoms with Gasteiger partial charge in [0, 0.05) is 18.0 Å². The van der Waals surface area contributed by atoms with Crippen LogP contribution in [-0.2, 0) is 0 Å². The molecule has 0 fully saturated rings. The lowest BCUT2D eigenvalue weighted by Crippen LogP contribution is -2.11. The van der Waals surface area contributed by atoms with E-state index in [9.17, 15) is 9.59 Å². The Morgan fingerprint density at radius 1 is 1.11 bits per heavy atom. The first-order chi connectivity index (χ1) is 8.61. The van der Waals surface area contributed by atoms with Crippen LogP contribution in [0.2, 0.25) is 5.02 Å². The number of pyridine rings is 1. The zero-order valence-electron chi connectivity index (χ0n) is 9.13. The number of rotatable bonds is 3. The van der Waals surface area contributed by atoms with Crippen LogP contribution in [0, 0.1) is 0 Å². The molecular formula is C13H8ClNO3. The third-order valence-corrected chi connectivity index (χ3v) is 2.68. The average Bonchev–Trinajstić information content (AvgIpc) is 2.38. The highest BCUT2D eigenvalue weighted by Gasteiger charge is 2.21. The smallest absolute Gasteiger partial charge is 0.338 e. The number of hydrogen-bond acceptors (Lipinski definition) is 3. The number of carboxylic acids is 1. The summed E-state index contributed by atoms with van der Waals surface area (Å²) in [5.41, 5.74) is 0.148. The van der Waals surface area contributed by atoms with Crippen LogP contribution in [0.3, 0.4) is 0 Å². The molecule has 0 bridgehead atoms. The van der Waals surface area contributed by atoms with Gasteiger partial charge in [0.1, 0.15) is 0 Å². The van der Waals surface area contributed by atoms with Crippen LogP contribution in [0.15, 0.2) is 42.7 Å². The second-order valence-corrected chi connectivity index (χ2v) is 3.95. The summed E-state index contributed by atoms with van der Waals surface area (Å²) in [5.74, 6) is -1.66. The minimum Gasteiger partial charge on any atom is -0.478 e. The Kier molecular flexibility index (Phi) is 3.39. The van der Waals surface area contributed by atoms with Crippen LogP contribution in [0.1, 0.15) is 26.3 Å². The molecule has 4 nitrogen and oxygen atoms in total.